The van der Waals surface area contributed by atoms with Gasteiger partial charge in [-0.25, -0.2) is 9.97 Å². The predicted molar refractivity (Wildman–Crippen MR) is 113 cm³/mol. The van der Waals surface area contributed by atoms with Crippen molar-refractivity contribution < 1.29 is 4.74 Å². The molecule has 0 aromatic carbocycles. The van der Waals surface area contributed by atoms with E-state index >= 15 is 0 Å². The fraction of sp³-hybridized carbons (Fsp3) is 0.526. The van der Waals surface area contributed by atoms with E-state index in [0.29, 0.717) is 13.2 Å². The molecule has 0 amide bonds. The summed E-state index contributed by atoms with van der Waals surface area (Å²) in [7, 11) is 0. The smallest absolute Gasteiger partial charge is 0.156 e. The maximum absolute atomic E-state index is 5.53. The van der Waals surface area contributed by atoms with Crippen molar-refractivity contribution in [3.8, 4) is 0 Å². The van der Waals surface area contributed by atoms with Crippen molar-refractivity contribution in [3.05, 3.63) is 47.2 Å². The van der Waals surface area contributed by atoms with E-state index in [-0.39, 0.29) is 30.9 Å². The van der Waals surface area contributed by atoms with Crippen LogP contribution in [0.25, 0.3) is 0 Å². The van der Waals surface area contributed by atoms with Gasteiger partial charge in [0, 0.05) is 37.5 Å². The molecule has 2 aromatic rings. The van der Waals surface area contributed by atoms with Crippen LogP contribution in [0.5, 0.6) is 0 Å². The zero-order valence-corrected chi connectivity index (χ0v) is 17.5. The van der Waals surface area contributed by atoms with Gasteiger partial charge in [0.25, 0.3) is 0 Å². The van der Waals surface area contributed by atoms with Gasteiger partial charge in [0.1, 0.15) is 12.4 Å². The highest BCUT2D eigenvalue weighted by atomic mass is 35.5. The number of nitrogens with one attached hydrogen (secondary N) is 2. The van der Waals surface area contributed by atoms with Crippen LogP contribution in [-0.2, 0) is 24.2 Å². The molecule has 0 aliphatic carbocycles. The lowest BCUT2D eigenvalue weighted by molar-refractivity contribution is 0.128. The number of rotatable bonds is 7. The van der Waals surface area contributed by atoms with Gasteiger partial charge in [-0.1, -0.05) is 13.0 Å². The third-order valence-corrected chi connectivity index (χ3v) is 4.47. The Hall–Kier alpha value is -1.47. The number of hydrogen-bond donors (Lipinski definition) is 2. The molecular formula is C19H29Cl2N5O. The first kappa shape index (κ1) is 23.6. The Kier molecular flexibility index (Phi) is 10.5. The minimum atomic E-state index is 0. The molecular weight excluding hydrogens is 385 g/mol. The average molecular weight is 414 g/mol. The average Bonchev–Trinajstić information content (AvgIpc) is 2.90. The molecule has 0 radical (unpaired) electrons. The molecule has 150 valence electrons. The van der Waals surface area contributed by atoms with Crippen molar-refractivity contribution in [1.82, 2.24) is 20.3 Å². The van der Waals surface area contributed by atoms with E-state index in [4.69, 9.17) is 14.7 Å². The number of aromatic nitrogens is 3. The van der Waals surface area contributed by atoms with E-state index < -0.39 is 0 Å². The van der Waals surface area contributed by atoms with Gasteiger partial charge < -0.3 is 15.4 Å². The van der Waals surface area contributed by atoms with Crippen LogP contribution in [-0.4, -0.2) is 34.6 Å². The SMILES string of the molecule is CCOCc1nc2c(c(NC(CC)c3cccnc3)n1)CCNCC2.Cl.Cl. The van der Waals surface area contributed by atoms with E-state index in [2.05, 4.69) is 28.6 Å². The third kappa shape index (κ3) is 6.28. The first-order valence-electron chi connectivity index (χ1n) is 9.15. The molecule has 2 N–H and O–H groups in total. The van der Waals surface area contributed by atoms with Crippen molar-refractivity contribution in [2.45, 2.75) is 45.8 Å². The summed E-state index contributed by atoms with van der Waals surface area (Å²) in [6.07, 6.45) is 6.55. The molecule has 1 aliphatic rings. The maximum Gasteiger partial charge on any atom is 0.156 e. The number of hydrogen-bond acceptors (Lipinski definition) is 6. The Morgan fingerprint density at radius 2 is 2.00 bits per heavy atom. The van der Waals surface area contributed by atoms with E-state index in [1.165, 1.54) is 11.1 Å². The number of nitrogens with zero attached hydrogens (tertiary/aromatic N) is 3. The van der Waals surface area contributed by atoms with Gasteiger partial charge in [-0.15, -0.1) is 24.8 Å². The van der Waals surface area contributed by atoms with Gasteiger partial charge in [-0.05, 0) is 37.9 Å². The Bertz CT molecular complexity index is 687. The normalized spacial score (nSPS) is 14.1. The first-order valence-corrected chi connectivity index (χ1v) is 9.15. The minimum absolute atomic E-state index is 0. The van der Waals surface area contributed by atoms with Gasteiger partial charge in [0.05, 0.1) is 11.7 Å². The quantitative estimate of drug-likeness (QED) is 0.723. The molecule has 27 heavy (non-hydrogen) atoms. The fourth-order valence-electron chi connectivity index (χ4n) is 3.14. The van der Waals surface area contributed by atoms with E-state index in [9.17, 15) is 0 Å². The first-order chi connectivity index (χ1) is 12.3. The minimum Gasteiger partial charge on any atom is -0.374 e. The van der Waals surface area contributed by atoms with Gasteiger partial charge in [-0.3, -0.25) is 4.98 Å². The molecule has 1 unspecified atom stereocenters. The van der Waals surface area contributed by atoms with Crippen LogP contribution in [0, 0.1) is 0 Å². The second-order valence-corrected chi connectivity index (χ2v) is 6.19. The molecule has 8 heteroatoms. The number of anilines is 1. The summed E-state index contributed by atoms with van der Waals surface area (Å²) in [6, 6.07) is 4.27. The van der Waals surface area contributed by atoms with Crippen molar-refractivity contribution in [2.75, 3.05) is 25.0 Å². The topological polar surface area (TPSA) is 72.0 Å². The molecule has 3 heterocycles. The van der Waals surface area contributed by atoms with Crippen LogP contribution in [0.2, 0.25) is 0 Å². The van der Waals surface area contributed by atoms with Crippen LogP contribution in [0.1, 0.15) is 49.0 Å². The zero-order chi connectivity index (χ0) is 17.5. The van der Waals surface area contributed by atoms with Gasteiger partial charge in [0.2, 0.25) is 0 Å². The Morgan fingerprint density at radius 3 is 2.70 bits per heavy atom. The highest BCUT2D eigenvalue weighted by molar-refractivity contribution is 5.85. The fourth-order valence-corrected chi connectivity index (χ4v) is 3.14. The summed E-state index contributed by atoms with van der Waals surface area (Å²) in [5.74, 6) is 1.70. The Labute approximate surface area is 173 Å². The van der Waals surface area contributed by atoms with Crippen molar-refractivity contribution in [3.63, 3.8) is 0 Å². The molecule has 3 rings (SSSR count). The Morgan fingerprint density at radius 1 is 1.19 bits per heavy atom. The second-order valence-electron chi connectivity index (χ2n) is 6.19. The Balaban J connectivity index is 0.00000182. The van der Waals surface area contributed by atoms with E-state index in [1.54, 1.807) is 6.20 Å². The lowest BCUT2D eigenvalue weighted by Gasteiger charge is -2.21. The highest BCUT2D eigenvalue weighted by Gasteiger charge is 2.19. The van der Waals surface area contributed by atoms with Gasteiger partial charge >= 0.3 is 0 Å². The molecule has 0 fully saturated rings. The summed E-state index contributed by atoms with van der Waals surface area (Å²) < 4.78 is 5.53. The standard InChI is InChI=1S/C19H27N5O.2ClH/c1-3-16(14-6-5-9-21-12-14)23-19-15-7-10-20-11-8-17(15)22-18(24-19)13-25-4-2;;/h5-6,9,12,16,20H,3-4,7-8,10-11,13H2,1-2H3,(H,22,23,24);2*1H. The number of pyridine rings is 1. The number of halogens is 2. The summed E-state index contributed by atoms with van der Waals surface area (Å²) in [4.78, 5) is 13.8. The van der Waals surface area contributed by atoms with Crippen LogP contribution in [0.3, 0.4) is 0 Å². The lowest BCUT2D eigenvalue weighted by Crippen LogP contribution is -2.17. The van der Waals surface area contributed by atoms with Crippen LogP contribution in [0.15, 0.2) is 24.5 Å². The summed E-state index contributed by atoms with van der Waals surface area (Å²) in [5, 5.41) is 7.09. The van der Waals surface area contributed by atoms with Gasteiger partial charge in [0.15, 0.2) is 5.82 Å². The lowest BCUT2D eigenvalue weighted by atomic mass is 10.0. The molecule has 0 saturated carbocycles. The third-order valence-electron chi connectivity index (χ3n) is 4.47. The molecule has 6 nitrogen and oxygen atoms in total. The summed E-state index contributed by atoms with van der Waals surface area (Å²) in [5.41, 5.74) is 3.54. The van der Waals surface area contributed by atoms with E-state index in [1.807, 2.05) is 19.2 Å². The predicted octanol–water partition coefficient (Wildman–Crippen LogP) is 3.50. The van der Waals surface area contributed by atoms with Crippen molar-refractivity contribution >= 4 is 30.6 Å². The monoisotopic (exact) mass is 413 g/mol. The van der Waals surface area contributed by atoms with Crippen molar-refractivity contribution in [2.24, 2.45) is 0 Å². The maximum atomic E-state index is 5.53. The van der Waals surface area contributed by atoms with Crippen molar-refractivity contribution in [1.29, 1.82) is 0 Å². The highest BCUT2D eigenvalue weighted by Crippen LogP contribution is 2.26. The molecule has 1 atom stereocenters. The number of ether oxygens (including phenoxy) is 1. The summed E-state index contributed by atoms with van der Waals surface area (Å²) >= 11 is 0. The van der Waals surface area contributed by atoms with Crippen LogP contribution in [0.4, 0.5) is 5.82 Å². The molecule has 0 spiro atoms. The molecule has 2 aromatic heterocycles. The zero-order valence-electron chi connectivity index (χ0n) is 15.9. The number of fused-ring (bicyclic) bond motifs is 1. The summed E-state index contributed by atoms with van der Waals surface area (Å²) in [6.45, 7) is 7.19. The molecule has 0 bridgehead atoms. The van der Waals surface area contributed by atoms with Crippen LogP contribution < -0.4 is 10.6 Å². The van der Waals surface area contributed by atoms with E-state index in [0.717, 1.165) is 49.7 Å². The largest absolute Gasteiger partial charge is 0.374 e. The van der Waals surface area contributed by atoms with Gasteiger partial charge in [-0.2, -0.15) is 0 Å². The van der Waals surface area contributed by atoms with Crippen LogP contribution >= 0.6 is 24.8 Å². The second kappa shape index (κ2) is 12.1. The molecule has 0 saturated heterocycles. The molecule has 1 aliphatic heterocycles.